The van der Waals surface area contributed by atoms with E-state index in [4.69, 9.17) is 0 Å². The van der Waals surface area contributed by atoms with E-state index in [1.165, 1.54) is 0 Å². The lowest BCUT2D eigenvalue weighted by molar-refractivity contribution is -0.109. The average Bonchev–Trinajstić information content (AvgIpc) is 1.80. The van der Waals surface area contributed by atoms with Crippen molar-refractivity contribution in [2.45, 2.75) is 40.5 Å². The van der Waals surface area contributed by atoms with Gasteiger partial charge in [0.05, 0.1) is 0 Å². The van der Waals surface area contributed by atoms with Crippen molar-refractivity contribution >= 4 is 6.29 Å². The maximum absolute atomic E-state index is 10.2. The van der Waals surface area contributed by atoms with Crippen molar-refractivity contribution in [3.8, 4) is 0 Å². The molecule has 0 aliphatic rings. The molecule has 0 aromatic carbocycles. The normalized spacial score (nSPS) is 14.8. The molecule has 0 radical (unpaired) electrons. The second-order valence-electron chi connectivity index (χ2n) is 3.87. The van der Waals surface area contributed by atoms with E-state index in [1.54, 1.807) is 0 Å². The van der Waals surface area contributed by atoms with Gasteiger partial charge in [0.15, 0.2) is 0 Å². The summed E-state index contributed by atoms with van der Waals surface area (Å²) in [5.41, 5.74) is 0.287. The lowest BCUT2D eigenvalue weighted by atomic mass is 9.77. The first kappa shape index (κ1) is 9.67. The number of rotatable bonds is 3. The molecule has 60 valence electrons. The Bertz CT molecular complexity index is 99.8. The number of carbonyl (C=O) groups is 1. The Hall–Kier alpha value is -0.330. The fraction of sp³-hybridized carbons (Fsp3) is 0.889. The van der Waals surface area contributed by atoms with E-state index >= 15 is 0 Å². The Morgan fingerprint density at radius 1 is 1.40 bits per heavy atom. The Morgan fingerprint density at radius 3 is 2.00 bits per heavy atom. The van der Waals surface area contributed by atoms with Crippen molar-refractivity contribution in [1.29, 1.82) is 0 Å². The van der Waals surface area contributed by atoms with Gasteiger partial charge in [0.25, 0.3) is 0 Å². The molecule has 10 heavy (non-hydrogen) atoms. The fourth-order valence-corrected chi connectivity index (χ4v) is 1.25. The number of hydrogen-bond donors (Lipinski definition) is 0. The van der Waals surface area contributed by atoms with Crippen LogP contribution in [0.1, 0.15) is 40.5 Å². The first-order valence-corrected chi connectivity index (χ1v) is 3.96. The van der Waals surface area contributed by atoms with Crippen molar-refractivity contribution in [2.24, 2.45) is 11.3 Å². The molecule has 0 bridgehead atoms. The van der Waals surface area contributed by atoms with Crippen molar-refractivity contribution in [1.82, 2.24) is 0 Å². The van der Waals surface area contributed by atoms with Crippen molar-refractivity contribution in [3.05, 3.63) is 0 Å². The van der Waals surface area contributed by atoms with E-state index < -0.39 is 0 Å². The summed E-state index contributed by atoms with van der Waals surface area (Å²) >= 11 is 0. The molecule has 1 nitrogen and oxygen atoms in total. The molecule has 0 N–H and O–H groups in total. The third-order valence-corrected chi connectivity index (χ3v) is 2.10. The van der Waals surface area contributed by atoms with Gasteiger partial charge in [-0.2, -0.15) is 0 Å². The van der Waals surface area contributed by atoms with Crippen LogP contribution in [0.5, 0.6) is 0 Å². The zero-order valence-corrected chi connectivity index (χ0v) is 7.48. The van der Waals surface area contributed by atoms with Gasteiger partial charge in [-0.05, 0) is 11.3 Å². The molecular formula is C9H18O. The summed E-state index contributed by atoms with van der Waals surface area (Å²) < 4.78 is 0. The molecule has 0 rings (SSSR count). The van der Waals surface area contributed by atoms with Crippen LogP contribution in [0, 0.1) is 11.3 Å². The fourth-order valence-electron chi connectivity index (χ4n) is 1.25. The minimum absolute atomic E-state index is 0.287. The van der Waals surface area contributed by atoms with Gasteiger partial charge in [-0.25, -0.2) is 0 Å². The van der Waals surface area contributed by atoms with E-state index in [0.29, 0.717) is 12.3 Å². The second-order valence-corrected chi connectivity index (χ2v) is 3.87. The molecule has 0 heterocycles. The minimum Gasteiger partial charge on any atom is -0.303 e. The van der Waals surface area contributed by atoms with Crippen LogP contribution < -0.4 is 0 Å². The zero-order chi connectivity index (χ0) is 8.20. The molecule has 1 atom stereocenters. The predicted octanol–water partition coefficient (Wildman–Crippen LogP) is 2.65. The summed E-state index contributed by atoms with van der Waals surface area (Å²) in [5.74, 6) is 0.546. The lowest BCUT2D eigenvalue weighted by Gasteiger charge is -2.27. The molecule has 0 aromatic rings. The van der Waals surface area contributed by atoms with Gasteiger partial charge in [0.1, 0.15) is 6.29 Å². The molecule has 0 saturated carbocycles. The van der Waals surface area contributed by atoms with Crippen molar-refractivity contribution in [3.63, 3.8) is 0 Å². The van der Waals surface area contributed by atoms with Crippen LogP contribution in [0.4, 0.5) is 0 Å². The summed E-state index contributed by atoms with van der Waals surface area (Å²) in [5, 5.41) is 0. The molecule has 0 saturated heterocycles. The number of hydrogen-bond acceptors (Lipinski definition) is 1. The van der Waals surface area contributed by atoms with Gasteiger partial charge in [-0.3, -0.25) is 0 Å². The van der Waals surface area contributed by atoms with Crippen LogP contribution in [-0.4, -0.2) is 6.29 Å². The van der Waals surface area contributed by atoms with E-state index in [0.717, 1.165) is 12.7 Å². The Morgan fingerprint density at radius 2 is 1.90 bits per heavy atom. The smallest absolute Gasteiger partial charge is 0.120 e. The number of aldehydes is 1. The topological polar surface area (TPSA) is 17.1 Å². The molecule has 1 unspecified atom stereocenters. The molecule has 0 aliphatic carbocycles. The van der Waals surface area contributed by atoms with Gasteiger partial charge < -0.3 is 4.79 Å². The summed E-state index contributed by atoms with van der Waals surface area (Å²) in [4.78, 5) is 10.2. The van der Waals surface area contributed by atoms with Crippen LogP contribution >= 0.6 is 0 Å². The Kier molecular flexibility index (Phi) is 3.62. The maximum atomic E-state index is 10.2. The van der Waals surface area contributed by atoms with Gasteiger partial charge in [-0.1, -0.05) is 34.1 Å². The van der Waals surface area contributed by atoms with Gasteiger partial charge in [-0.15, -0.1) is 0 Å². The monoisotopic (exact) mass is 142 g/mol. The average molecular weight is 142 g/mol. The van der Waals surface area contributed by atoms with E-state index in [2.05, 4.69) is 27.7 Å². The molecule has 0 spiro atoms. The van der Waals surface area contributed by atoms with Crippen LogP contribution in [0.2, 0.25) is 0 Å². The molecular weight excluding hydrogens is 124 g/mol. The van der Waals surface area contributed by atoms with Crippen LogP contribution in [0.3, 0.4) is 0 Å². The largest absolute Gasteiger partial charge is 0.303 e. The first-order chi connectivity index (χ1) is 4.52. The minimum atomic E-state index is 0.287. The highest BCUT2D eigenvalue weighted by Gasteiger charge is 2.21. The lowest BCUT2D eigenvalue weighted by Crippen LogP contribution is -2.19. The SMILES string of the molecule is CCC(CC=O)C(C)(C)C. The Labute approximate surface area is 63.8 Å². The maximum Gasteiger partial charge on any atom is 0.120 e. The number of carbonyl (C=O) groups excluding carboxylic acids is 1. The first-order valence-electron chi connectivity index (χ1n) is 3.96. The summed E-state index contributed by atoms with van der Waals surface area (Å²) in [6.07, 6.45) is 2.83. The van der Waals surface area contributed by atoms with Crippen LogP contribution in [0.25, 0.3) is 0 Å². The highest BCUT2D eigenvalue weighted by molar-refractivity contribution is 5.49. The van der Waals surface area contributed by atoms with E-state index in [9.17, 15) is 4.79 Å². The second kappa shape index (κ2) is 3.75. The van der Waals surface area contributed by atoms with Crippen molar-refractivity contribution < 1.29 is 4.79 Å². The van der Waals surface area contributed by atoms with Crippen LogP contribution in [0.15, 0.2) is 0 Å². The quantitative estimate of drug-likeness (QED) is 0.554. The summed E-state index contributed by atoms with van der Waals surface area (Å²) in [7, 11) is 0. The standard InChI is InChI=1S/C9H18O/c1-5-8(6-7-10)9(2,3)4/h7-8H,5-6H2,1-4H3. The summed E-state index contributed by atoms with van der Waals surface area (Å²) in [6.45, 7) is 8.69. The molecule has 0 amide bonds. The Balaban J connectivity index is 3.92. The highest BCUT2D eigenvalue weighted by atomic mass is 16.1. The van der Waals surface area contributed by atoms with E-state index in [1.807, 2.05) is 0 Å². The van der Waals surface area contributed by atoms with Gasteiger partial charge in [0, 0.05) is 6.42 Å². The predicted molar refractivity (Wildman–Crippen MR) is 43.9 cm³/mol. The highest BCUT2D eigenvalue weighted by Crippen LogP contribution is 2.30. The third-order valence-electron chi connectivity index (χ3n) is 2.10. The van der Waals surface area contributed by atoms with Gasteiger partial charge in [0.2, 0.25) is 0 Å². The molecule has 0 fully saturated rings. The summed E-state index contributed by atoms with van der Waals surface area (Å²) in [6, 6.07) is 0. The van der Waals surface area contributed by atoms with Gasteiger partial charge >= 0.3 is 0 Å². The van der Waals surface area contributed by atoms with Crippen LogP contribution in [-0.2, 0) is 4.79 Å². The van der Waals surface area contributed by atoms with Crippen molar-refractivity contribution in [2.75, 3.05) is 0 Å². The molecule has 1 heteroatoms. The third kappa shape index (κ3) is 3.00. The van der Waals surface area contributed by atoms with E-state index in [-0.39, 0.29) is 5.41 Å². The molecule has 0 aliphatic heterocycles. The zero-order valence-electron chi connectivity index (χ0n) is 7.48. The molecule has 0 aromatic heterocycles.